The quantitative estimate of drug-likeness (QED) is 0.756. The van der Waals surface area contributed by atoms with E-state index in [1.54, 1.807) is 0 Å². The summed E-state index contributed by atoms with van der Waals surface area (Å²) in [7, 11) is 0. The Labute approximate surface area is 131 Å². The topological polar surface area (TPSA) is 32.3 Å². The standard InChI is InChI=1S/C19H35NO/c21-19-14-6-2-5-13-18(19)20-17-12-8-7-11-16(17)15-9-3-1-4-10-15/h15-21H,1-14H2. The fourth-order valence-corrected chi connectivity index (χ4v) is 5.25. The fraction of sp³-hybridized carbons (Fsp3) is 1.00. The van der Waals surface area contributed by atoms with Crippen molar-refractivity contribution in [3.63, 3.8) is 0 Å². The molecule has 3 saturated carbocycles. The Balaban J connectivity index is 1.60. The molecule has 0 amide bonds. The molecule has 21 heavy (non-hydrogen) atoms. The van der Waals surface area contributed by atoms with Gasteiger partial charge in [-0.1, -0.05) is 64.2 Å². The third-order valence-corrected chi connectivity index (χ3v) is 6.48. The molecule has 122 valence electrons. The van der Waals surface area contributed by atoms with Gasteiger partial charge in [-0.3, -0.25) is 0 Å². The van der Waals surface area contributed by atoms with Gasteiger partial charge in [0.25, 0.3) is 0 Å². The number of aliphatic hydroxyl groups excluding tert-OH is 1. The summed E-state index contributed by atoms with van der Waals surface area (Å²) in [6.45, 7) is 0. The highest BCUT2D eigenvalue weighted by atomic mass is 16.3. The van der Waals surface area contributed by atoms with E-state index in [2.05, 4.69) is 5.32 Å². The van der Waals surface area contributed by atoms with Gasteiger partial charge in [0.15, 0.2) is 0 Å². The van der Waals surface area contributed by atoms with Crippen LogP contribution in [-0.2, 0) is 0 Å². The van der Waals surface area contributed by atoms with Crippen molar-refractivity contribution in [2.24, 2.45) is 11.8 Å². The summed E-state index contributed by atoms with van der Waals surface area (Å²) < 4.78 is 0. The van der Waals surface area contributed by atoms with Gasteiger partial charge in [0.2, 0.25) is 0 Å². The van der Waals surface area contributed by atoms with Crippen molar-refractivity contribution >= 4 is 0 Å². The molecule has 3 aliphatic carbocycles. The Morgan fingerprint density at radius 2 is 1.14 bits per heavy atom. The lowest BCUT2D eigenvalue weighted by Gasteiger charge is -2.41. The predicted octanol–water partition coefficient (Wildman–Crippen LogP) is 4.41. The summed E-state index contributed by atoms with van der Waals surface area (Å²) in [5.41, 5.74) is 0. The first-order valence-electron chi connectivity index (χ1n) is 9.79. The number of nitrogens with one attached hydrogen (secondary N) is 1. The largest absolute Gasteiger partial charge is 0.392 e. The number of aliphatic hydroxyl groups is 1. The molecule has 4 atom stereocenters. The molecule has 3 fully saturated rings. The second kappa shape index (κ2) is 7.97. The van der Waals surface area contributed by atoms with E-state index >= 15 is 0 Å². The minimum Gasteiger partial charge on any atom is -0.392 e. The highest BCUT2D eigenvalue weighted by Crippen LogP contribution is 2.39. The predicted molar refractivity (Wildman–Crippen MR) is 88.3 cm³/mol. The molecule has 0 radical (unpaired) electrons. The average molecular weight is 293 g/mol. The van der Waals surface area contributed by atoms with Gasteiger partial charge in [-0.15, -0.1) is 0 Å². The molecule has 2 nitrogen and oxygen atoms in total. The summed E-state index contributed by atoms with van der Waals surface area (Å²) in [6, 6.07) is 1.07. The Morgan fingerprint density at radius 1 is 0.571 bits per heavy atom. The molecule has 3 aliphatic rings. The van der Waals surface area contributed by atoms with Crippen molar-refractivity contribution < 1.29 is 5.11 Å². The molecule has 0 aliphatic heterocycles. The monoisotopic (exact) mass is 293 g/mol. The van der Waals surface area contributed by atoms with Crippen molar-refractivity contribution in [2.75, 3.05) is 0 Å². The SMILES string of the molecule is OC1CCCCCC1NC1CCCCC1C1CCCCC1. The highest BCUT2D eigenvalue weighted by molar-refractivity contribution is 4.91. The van der Waals surface area contributed by atoms with E-state index in [1.165, 1.54) is 83.5 Å². The fourth-order valence-electron chi connectivity index (χ4n) is 5.25. The molecule has 3 rings (SSSR count). The van der Waals surface area contributed by atoms with E-state index in [9.17, 15) is 5.11 Å². The van der Waals surface area contributed by atoms with Gasteiger partial charge in [-0.05, 0) is 37.5 Å². The second-order valence-electron chi connectivity index (χ2n) is 7.93. The molecule has 4 unspecified atom stereocenters. The Bertz CT molecular complexity index is 300. The Hall–Kier alpha value is -0.0800. The lowest BCUT2D eigenvalue weighted by molar-refractivity contribution is 0.0837. The van der Waals surface area contributed by atoms with Crippen LogP contribution in [0.4, 0.5) is 0 Å². The van der Waals surface area contributed by atoms with E-state index < -0.39 is 0 Å². The maximum absolute atomic E-state index is 10.4. The molecular weight excluding hydrogens is 258 g/mol. The van der Waals surface area contributed by atoms with Crippen molar-refractivity contribution in [1.29, 1.82) is 0 Å². The summed E-state index contributed by atoms with van der Waals surface area (Å²) >= 11 is 0. The number of rotatable bonds is 3. The molecule has 0 aromatic rings. The summed E-state index contributed by atoms with van der Waals surface area (Å²) in [5.74, 6) is 1.87. The van der Waals surface area contributed by atoms with Crippen LogP contribution in [-0.4, -0.2) is 23.3 Å². The van der Waals surface area contributed by atoms with E-state index in [0.717, 1.165) is 18.3 Å². The summed E-state index contributed by atoms with van der Waals surface area (Å²) in [4.78, 5) is 0. The van der Waals surface area contributed by atoms with E-state index in [1.807, 2.05) is 0 Å². The lowest BCUT2D eigenvalue weighted by atomic mass is 9.70. The first-order chi connectivity index (χ1) is 10.3. The number of hydrogen-bond donors (Lipinski definition) is 2. The van der Waals surface area contributed by atoms with Crippen LogP contribution in [0.3, 0.4) is 0 Å². The van der Waals surface area contributed by atoms with E-state index in [-0.39, 0.29) is 6.10 Å². The average Bonchev–Trinajstić information content (AvgIpc) is 2.74. The molecule has 2 N–H and O–H groups in total. The minimum absolute atomic E-state index is 0.0959. The van der Waals surface area contributed by atoms with Crippen molar-refractivity contribution in [1.82, 2.24) is 5.32 Å². The third kappa shape index (κ3) is 4.22. The first kappa shape index (κ1) is 15.8. The Morgan fingerprint density at radius 3 is 1.95 bits per heavy atom. The van der Waals surface area contributed by atoms with Crippen LogP contribution >= 0.6 is 0 Å². The Kier molecular flexibility index (Phi) is 5.99. The zero-order valence-electron chi connectivity index (χ0n) is 13.7. The van der Waals surface area contributed by atoms with Crippen LogP contribution < -0.4 is 5.32 Å². The number of hydrogen-bond acceptors (Lipinski definition) is 2. The normalized spacial score (nSPS) is 39.9. The highest BCUT2D eigenvalue weighted by Gasteiger charge is 2.34. The van der Waals surface area contributed by atoms with Crippen molar-refractivity contribution in [3.8, 4) is 0 Å². The summed E-state index contributed by atoms with van der Waals surface area (Å²) in [5, 5.41) is 14.4. The van der Waals surface area contributed by atoms with Gasteiger partial charge in [-0.2, -0.15) is 0 Å². The molecule has 0 heterocycles. The van der Waals surface area contributed by atoms with Gasteiger partial charge in [-0.25, -0.2) is 0 Å². The van der Waals surface area contributed by atoms with Crippen LogP contribution in [0, 0.1) is 11.8 Å². The molecule has 0 aromatic heterocycles. The van der Waals surface area contributed by atoms with Gasteiger partial charge in [0, 0.05) is 12.1 Å². The van der Waals surface area contributed by atoms with E-state index in [0.29, 0.717) is 12.1 Å². The molecular formula is C19H35NO. The van der Waals surface area contributed by atoms with Crippen LogP contribution in [0.15, 0.2) is 0 Å². The zero-order chi connectivity index (χ0) is 14.5. The van der Waals surface area contributed by atoms with E-state index in [4.69, 9.17) is 0 Å². The molecule has 0 spiro atoms. The molecule has 0 saturated heterocycles. The zero-order valence-corrected chi connectivity index (χ0v) is 13.7. The molecule has 0 bridgehead atoms. The van der Waals surface area contributed by atoms with Gasteiger partial charge in [0.1, 0.15) is 0 Å². The van der Waals surface area contributed by atoms with Crippen LogP contribution in [0.1, 0.15) is 89.9 Å². The van der Waals surface area contributed by atoms with Gasteiger partial charge < -0.3 is 10.4 Å². The lowest BCUT2D eigenvalue weighted by Crippen LogP contribution is -2.50. The van der Waals surface area contributed by atoms with Gasteiger partial charge in [0.05, 0.1) is 6.10 Å². The molecule has 0 aromatic carbocycles. The molecule has 2 heteroatoms. The first-order valence-corrected chi connectivity index (χ1v) is 9.79. The maximum Gasteiger partial charge on any atom is 0.0693 e. The van der Waals surface area contributed by atoms with Gasteiger partial charge >= 0.3 is 0 Å². The smallest absolute Gasteiger partial charge is 0.0693 e. The minimum atomic E-state index is -0.0959. The van der Waals surface area contributed by atoms with Crippen LogP contribution in [0.5, 0.6) is 0 Å². The maximum atomic E-state index is 10.4. The van der Waals surface area contributed by atoms with Crippen molar-refractivity contribution in [3.05, 3.63) is 0 Å². The second-order valence-corrected chi connectivity index (χ2v) is 7.93. The van der Waals surface area contributed by atoms with Crippen LogP contribution in [0.25, 0.3) is 0 Å². The van der Waals surface area contributed by atoms with Crippen LogP contribution in [0.2, 0.25) is 0 Å². The van der Waals surface area contributed by atoms with Crippen molar-refractivity contribution in [2.45, 2.75) is 108 Å². The summed E-state index contributed by atoms with van der Waals surface area (Å²) in [6.07, 6.45) is 18.9. The third-order valence-electron chi connectivity index (χ3n) is 6.48.